The quantitative estimate of drug-likeness (QED) is 0.0531. The van der Waals surface area contributed by atoms with Crippen molar-refractivity contribution in [3.63, 3.8) is 0 Å². The van der Waals surface area contributed by atoms with Crippen molar-refractivity contribution < 1.29 is 119 Å². The number of nitrogens with zero attached hydrogens (tertiary/aromatic N) is 3. The van der Waals surface area contributed by atoms with Crippen LogP contribution in [0.1, 0.15) is 10.4 Å². The first-order valence-electron chi connectivity index (χ1n) is 25.1. The molecule has 6 aliphatic rings. The van der Waals surface area contributed by atoms with Gasteiger partial charge in [0.15, 0.2) is 31.5 Å². The molecule has 6 heterocycles. The van der Waals surface area contributed by atoms with Gasteiger partial charge in [0.2, 0.25) is 0 Å². The van der Waals surface area contributed by atoms with E-state index in [0.29, 0.717) is 5.56 Å². The number of aliphatic hydroxyl groups is 1. The minimum atomic E-state index is -1.29. The van der Waals surface area contributed by atoms with E-state index in [4.69, 9.17) is 109 Å². The van der Waals surface area contributed by atoms with Gasteiger partial charge in [-0.1, -0.05) is 23.3 Å². The van der Waals surface area contributed by atoms with Gasteiger partial charge in [-0.2, -0.15) is 0 Å². The molecule has 6 fully saturated rings. The first-order chi connectivity index (χ1) is 37.5. The monoisotopic (exact) mass is 1110 g/mol. The highest BCUT2D eigenvalue weighted by molar-refractivity contribution is 5.89. The Morgan fingerprint density at radius 1 is 0.506 bits per heavy atom. The second kappa shape index (κ2) is 29.7. The van der Waals surface area contributed by atoms with Crippen LogP contribution in [0, 0.1) is 0 Å². The van der Waals surface area contributed by atoms with Crippen LogP contribution in [-0.2, 0) is 109 Å². The number of aliphatic hydroxyl groups excluding tert-OH is 1. The third-order valence-corrected chi connectivity index (χ3v) is 14.6. The van der Waals surface area contributed by atoms with Crippen LogP contribution in [0.25, 0.3) is 10.4 Å². The summed E-state index contributed by atoms with van der Waals surface area (Å²) in [4.78, 5) is 15.9. The van der Waals surface area contributed by atoms with E-state index in [2.05, 4.69) is 10.0 Å². The summed E-state index contributed by atoms with van der Waals surface area (Å²) in [6.45, 7) is -0.257. The molecular weight excluding hydrogens is 1030 g/mol. The highest BCUT2D eigenvalue weighted by Crippen LogP contribution is 2.40. The van der Waals surface area contributed by atoms with Gasteiger partial charge in [-0.3, -0.25) is 0 Å². The van der Waals surface area contributed by atoms with Crippen LogP contribution in [0.2, 0.25) is 0 Å². The van der Waals surface area contributed by atoms with Gasteiger partial charge in [0.05, 0.1) is 38.1 Å². The van der Waals surface area contributed by atoms with Crippen molar-refractivity contribution in [2.75, 3.05) is 118 Å². The number of esters is 1. The molecule has 0 saturated carbocycles. The molecule has 6 aliphatic heterocycles. The first-order valence-corrected chi connectivity index (χ1v) is 25.1. The number of carbonyl (C=O) groups is 1. The Morgan fingerprint density at radius 2 is 0.896 bits per heavy atom. The highest BCUT2D eigenvalue weighted by atomic mass is 16.8. The summed E-state index contributed by atoms with van der Waals surface area (Å²) in [5.41, 5.74) is 9.67. The van der Waals surface area contributed by atoms with Crippen LogP contribution in [0.3, 0.4) is 0 Å². The van der Waals surface area contributed by atoms with E-state index in [1.807, 2.05) is 0 Å². The Labute approximate surface area is 447 Å². The SMILES string of the molecule is COCC1O[C@@H](O[C@H]2C(OC)C(OC)[C@@H](O[C@H]3C(OC)C(OC)[C@@H](O[C@H]4C5CO[C@@H](O5)C(N=[N+]=[N-])[C@@H]4OC)O[C@@H]3COC)O[C@@H]2COC)C(OC)[C@@H](OC)[C@H]1O[C@@H]1OC(COC(=O)c2ccccc2)[C@H](O)[C@H](OC)C1OC. The number of carbonyl (C=O) groups excluding carboxylic acids is 1. The maximum absolute atomic E-state index is 12.9. The van der Waals surface area contributed by atoms with Crippen molar-refractivity contribution in [1.82, 2.24) is 0 Å². The Morgan fingerprint density at radius 3 is 1.29 bits per heavy atom. The zero-order chi connectivity index (χ0) is 55.3. The standard InChI is InChI=1S/C49H77N3O25/c1-55-18-25-32(75-46-40(63-9)36(59-5)30(53)24(69-46)21-67-44(54)23-16-14-13-15-17-23)37(60-6)42(65-11)48(72-25)77-34-27(20-57-3)73-49(43(66-12)39(34)62-8)76-33-26(19-56-2)71-47(41(64-10)38(33)61-7)74-31-28-22-68-45(70-28)29(51-52-50)35(31)58-4/h13-17,24-43,45-49,53H,18-22H2,1-12H3/t24?,25?,26-,27-,28?,29?,30+,31+,32+,33-,34-,35+,36+,37+,38?,39?,40?,41?,42?,43?,45+,46+,47-,48+,49-/m1/s1. The second-order valence-corrected chi connectivity index (χ2v) is 18.8. The van der Waals surface area contributed by atoms with Gasteiger partial charge >= 0.3 is 5.97 Å². The van der Waals surface area contributed by atoms with E-state index in [9.17, 15) is 15.4 Å². The maximum Gasteiger partial charge on any atom is 0.338 e. The average Bonchev–Trinajstić information content (AvgIpc) is 3.90. The molecular formula is C49H77N3O25. The summed E-state index contributed by atoms with van der Waals surface area (Å²) in [7, 11) is 17.7. The van der Waals surface area contributed by atoms with Crippen molar-refractivity contribution in [3.8, 4) is 0 Å². The van der Waals surface area contributed by atoms with Gasteiger partial charge < -0.3 is 114 Å². The fraction of sp³-hybridized carbons (Fsp3) is 0.857. The lowest BCUT2D eigenvalue weighted by atomic mass is 9.94. The Bertz CT molecular complexity index is 1970. The van der Waals surface area contributed by atoms with E-state index in [-0.39, 0.29) is 33.0 Å². The number of benzene rings is 1. The fourth-order valence-electron chi connectivity index (χ4n) is 11.0. The van der Waals surface area contributed by atoms with Crippen LogP contribution in [0.15, 0.2) is 35.4 Å². The molecule has 2 bridgehead atoms. The molecule has 77 heavy (non-hydrogen) atoms. The summed E-state index contributed by atoms with van der Waals surface area (Å²) < 4.78 is 142. The fourth-order valence-corrected chi connectivity index (χ4v) is 11.0. The molecule has 25 atom stereocenters. The number of rotatable bonds is 27. The van der Waals surface area contributed by atoms with Gasteiger partial charge in [-0.15, -0.1) is 0 Å². The number of azide groups is 1. The second-order valence-electron chi connectivity index (χ2n) is 18.8. The van der Waals surface area contributed by atoms with Crippen LogP contribution in [-0.4, -0.2) is 283 Å². The van der Waals surface area contributed by atoms with E-state index in [1.54, 1.807) is 30.3 Å². The topological polar surface area (TPSA) is 298 Å². The Balaban J connectivity index is 1.09. The molecule has 7 rings (SSSR count). The number of hydrogen-bond donors (Lipinski definition) is 1. The van der Waals surface area contributed by atoms with Gasteiger partial charge in [-0.25, -0.2) is 4.79 Å². The zero-order valence-corrected chi connectivity index (χ0v) is 45.4. The molecule has 6 saturated heterocycles. The predicted molar refractivity (Wildman–Crippen MR) is 257 cm³/mol. The van der Waals surface area contributed by atoms with Crippen molar-refractivity contribution in [1.29, 1.82) is 0 Å². The Kier molecular flexibility index (Phi) is 23.8. The first kappa shape index (κ1) is 61.7. The van der Waals surface area contributed by atoms with Crippen molar-refractivity contribution in [3.05, 3.63) is 46.3 Å². The number of methoxy groups -OCH3 is 12. The van der Waals surface area contributed by atoms with Crippen molar-refractivity contribution >= 4 is 5.97 Å². The van der Waals surface area contributed by atoms with Crippen molar-refractivity contribution in [2.24, 2.45) is 5.11 Å². The molecule has 438 valence electrons. The molecule has 0 radical (unpaired) electrons. The summed E-state index contributed by atoms with van der Waals surface area (Å²) in [5.74, 6) is -0.614. The van der Waals surface area contributed by atoms with E-state index >= 15 is 0 Å². The van der Waals surface area contributed by atoms with E-state index in [0.717, 1.165) is 0 Å². The lowest BCUT2D eigenvalue weighted by Gasteiger charge is -2.52. The predicted octanol–water partition coefficient (Wildman–Crippen LogP) is 0.153. The molecule has 1 aromatic rings. The maximum atomic E-state index is 12.9. The summed E-state index contributed by atoms with van der Waals surface area (Å²) in [6, 6.07) is 7.56. The molecule has 28 heteroatoms. The summed E-state index contributed by atoms with van der Waals surface area (Å²) in [6.07, 6.45) is -23.4. The van der Waals surface area contributed by atoms with Gasteiger partial charge in [0.1, 0.15) is 123 Å². The van der Waals surface area contributed by atoms with E-state index < -0.39 is 159 Å². The molecule has 28 nitrogen and oxygen atoms in total. The number of hydrogen-bond acceptors (Lipinski definition) is 26. The van der Waals surface area contributed by atoms with Crippen LogP contribution in [0.4, 0.5) is 0 Å². The third-order valence-electron chi connectivity index (χ3n) is 14.6. The van der Waals surface area contributed by atoms with Gasteiger partial charge in [0, 0.05) is 90.2 Å². The molecule has 10 unspecified atom stereocenters. The van der Waals surface area contributed by atoms with Crippen LogP contribution < -0.4 is 0 Å². The molecule has 0 spiro atoms. The lowest BCUT2D eigenvalue weighted by molar-refractivity contribution is -0.396. The lowest BCUT2D eigenvalue weighted by Crippen LogP contribution is -2.69. The van der Waals surface area contributed by atoms with E-state index in [1.165, 1.54) is 85.3 Å². The molecule has 0 aromatic heterocycles. The normalized spacial score (nSPS) is 42.2. The molecule has 1 aromatic carbocycles. The summed E-state index contributed by atoms with van der Waals surface area (Å²) in [5, 5.41) is 15.3. The average molecular weight is 1110 g/mol. The van der Waals surface area contributed by atoms with Crippen LogP contribution in [0.5, 0.6) is 0 Å². The minimum absolute atomic E-state index is 0.00108. The largest absolute Gasteiger partial charge is 0.459 e. The molecule has 0 amide bonds. The van der Waals surface area contributed by atoms with Gasteiger partial charge in [0.25, 0.3) is 0 Å². The van der Waals surface area contributed by atoms with Gasteiger partial charge in [-0.05, 0) is 17.7 Å². The van der Waals surface area contributed by atoms with Crippen molar-refractivity contribution in [2.45, 2.75) is 153 Å². The zero-order valence-electron chi connectivity index (χ0n) is 45.4. The number of ether oxygens (including phenoxy) is 23. The Hall–Kier alpha value is -2.92. The van der Waals surface area contributed by atoms with Crippen LogP contribution >= 0.6 is 0 Å². The number of fused-ring (bicyclic) bond motifs is 2. The highest BCUT2D eigenvalue weighted by Gasteiger charge is 2.59. The molecule has 1 N–H and O–H groups in total. The third kappa shape index (κ3) is 13.5. The molecule has 0 aliphatic carbocycles. The minimum Gasteiger partial charge on any atom is -0.459 e. The smallest absolute Gasteiger partial charge is 0.338 e. The summed E-state index contributed by atoms with van der Waals surface area (Å²) >= 11 is 0.